The van der Waals surface area contributed by atoms with Gasteiger partial charge in [-0.2, -0.15) is 10.2 Å². The molecule has 2 atom stereocenters. The molecule has 0 fully saturated rings. The number of hydrazone groups is 1. The zero-order valence-corrected chi connectivity index (χ0v) is 38.2. The predicted octanol–water partition coefficient (Wildman–Crippen LogP) is 9.76. The van der Waals surface area contributed by atoms with Crippen molar-refractivity contribution in [2.45, 2.75) is 146 Å². The number of aliphatic hydroxyl groups excluding tert-OH is 1. The van der Waals surface area contributed by atoms with Gasteiger partial charge in [-0.05, 0) is 72.0 Å². The van der Waals surface area contributed by atoms with E-state index >= 15 is 0 Å². The molecule has 1 amide bonds. The van der Waals surface area contributed by atoms with Crippen molar-refractivity contribution in [2.75, 3.05) is 13.7 Å². The first-order valence-corrected chi connectivity index (χ1v) is 23.8. The van der Waals surface area contributed by atoms with E-state index < -0.39 is 14.2 Å². The number of benzene rings is 2. The molecular weight excluding hydrogens is 729 g/mol. The van der Waals surface area contributed by atoms with E-state index in [1.165, 1.54) is 27.3 Å². The van der Waals surface area contributed by atoms with Crippen LogP contribution in [-0.2, 0) is 43.7 Å². The molecule has 0 spiro atoms. The first kappa shape index (κ1) is 45.7. The number of thioether (sulfide) groups is 2. The van der Waals surface area contributed by atoms with Crippen LogP contribution in [0.1, 0.15) is 111 Å². The van der Waals surface area contributed by atoms with Gasteiger partial charge in [-0.25, -0.2) is 9.69 Å². The van der Waals surface area contributed by atoms with Gasteiger partial charge in [0.05, 0.1) is 41.7 Å². The van der Waals surface area contributed by atoms with Crippen molar-refractivity contribution in [1.82, 2.24) is 14.8 Å². The molecule has 1 aliphatic heterocycles. The Morgan fingerprint density at radius 2 is 1.30 bits per heavy atom. The molecule has 1 aliphatic rings. The van der Waals surface area contributed by atoms with Crippen molar-refractivity contribution in [2.24, 2.45) is 11.0 Å². The molecule has 54 heavy (non-hydrogen) atoms. The summed E-state index contributed by atoms with van der Waals surface area (Å²) in [5, 5.41) is 19.3. The van der Waals surface area contributed by atoms with Crippen molar-refractivity contribution < 1.29 is 14.3 Å². The lowest BCUT2D eigenvalue weighted by Gasteiger charge is -2.36. The summed E-state index contributed by atoms with van der Waals surface area (Å²) in [5.41, 5.74) is 5.67. The SMILES string of the molecule is CC(C)(C)c1ccc(CSc2cnn(C(C)(C)C)c(=O)c2CO[Si](C)(C)C(C)(C)C)cc1.CN1N=CC(SCc2ccc(C(C)(C)C)cc2)C(CO)C1=O. The second-order valence-corrected chi connectivity index (χ2v) is 25.8. The highest BCUT2D eigenvalue weighted by atomic mass is 32.2. The smallest absolute Gasteiger partial charge is 0.273 e. The van der Waals surface area contributed by atoms with Crippen LogP contribution in [0.2, 0.25) is 18.1 Å². The van der Waals surface area contributed by atoms with E-state index in [4.69, 9.17) is 4.43 Å². The Kier molecular flexibility index (Phi) is 15.3. The molecule has 2 aromatic carbocycles. The van der Waals surface area contributed by atoms with Crippen LogP contribution in [0.15, 0.2) is 69.5 Å². The molecule has 2 unspecified atom stereocenters. The molecule has 0 radical (unpaired) electrons. The average molecular weight is 795 g/mol. The van der Waals surface area contributed by atoms with Crippen LogP contribution >= 0.6 is 23.5 Å². The minimum Gasteiger partial charge on any atom is -0.412 e. The van der Waals surface area contributed by atoms with Gasteiger partial charge < -0.3 is 9.53 Å². The largest absolute Gasteiger partial charge is 0.412 e. The van der Waals surface area contributed by atoms with Gasteiger partial charge >= 0.3 is 0 Å². The van der Waals surface area contributed by atoms with Gasteiger partial charge in [0, 0.05) is 29.7 Å². The monoisotopic (exact) mass is 794 g/mol. The summed E-state index contributed by atoms with van der Waals surface area (Å²) in [4.78, 5) is 26.3. The lowest BCUT2D eigenvalue weighted by Crippen LogP contribution is -2.42. The van der Waals surface area contributed by atoms with Gasteiger partial charge in [-0.1, -0.05) is 111 Å². The van der Waals surface area contributed by atoms with Crippen LogP contribution in [-0.4, -0.2) is 59.2 Å². The first-order chi connectivity index (χ1) is 24.8. The number of aliphatic hydroxyl groups is 1. The normalized spacial score (nSPS) is 17.0. The van der Waals surface area contributed by atoms with Gasteiger partial charge in [0.1, 0.15) is 0 Å². The molecule has 3 aromatic rings. The van der Waals surface area contributed by atoms with Crippen molar-refractivity contribution in [3.8, 4) is 0 Å². The van der Waals surface area contributed by atoms with Crippen molar-refractivity contribution >= 4 is 44.0 Å². The van der Waals surface area contributed by atoms with Crippen molar-refractivity contribution in [3.63, 3.8) is 0 Å². The molecule has 1 aromatic heterocycles. The fourth-order valence-corrected chi connectivity index (χ4v) is 8.33. The van der Waals surface area contributed by atoms with Crippen LogP contribution in [0.25, 0.3) is 0 Å². The molecular formula is C43H66N4O4S2Si. The van der Waals surface area contributed by atoms with Crippen LogP contribution in [0.5, 0.6) is 0 Å². The second-order valence-electron chi connectivity index (χ2n) is 18.8. The number of aromatic nitrogens is 2. The summed E-state index contributed by atoms with van der Waals surface area (Å²) in [5.74, 6) is 1.07. The molecule has 8 nitrogen and oxygen atoms in total. The van der Waals surface area contributed by atoms with Crippen LogP contribution in [0, 0.1) is 5.92 Å². The third kappa shape index (κ3) is 12.4. The van der Waals surface area contributed by atoms with Gasteiger partial charge in [0.25, 0.3) is 5.56 Å². The van der Waals surface area contributed by atoms with E-state index in [1.807, 2.05) is 27.0 Å². The van der Waals surface area contributed by atoms with E-state index in [9.17, 15) is 14.7 Å². The van der Waals surface area contributed by atoms with Gasteiger partial charge in [-0.3, -0.25) is 9.59 Å². The standard InChI is InChI=1S/C26H42N2O2SSi.C17H24N2O2S/c1-24(2,3)20-14-12-19(13-15-20)18-31-22-16-27-28(25(4,5)6)23(29)21(22)17-30-32(10,11)26(7,8)9;1-17(2,3)13-7-5-12(6-8-13)11-22-15-9-18-19(4)16(21)14(15)10-20/h12-16H,17-18H2,1-11H3;5-9,14-15,20H,10-11H2,1-4H3. The first-order valence-electron chi connectivity index (χ1n) is 18.9. The van der Waals surface area contributed by atoms with Crippen molar-refractivity contribution in [3.05, 3.63) is 92.9 Å². The molecule has 0 saturated heterocycles. The molecule has 0 saturated carbocycles. The van der Waals surface area contributed by atoms with E-state index in [0.29, 0.717) is 6.61 Å². The number of amides is 1. The van der Waals surface area contributed by atoms with E-state index in [0.717, 1.165) is 22.0 Å². The quantitative estimate of drug-likeness (QED) is 0.161. The topological polar surface area (TPSA) is 97.0 Å². The summed E-state index contributed by atoms with van der Waals surface area (Å²) >= 11 is 3.31. The predicted molar refractivity (Wildman–Crippen MR) is 232 cm³/mol. The van der Waals surface area contributed by atoms with Crippen molar-refractivity contribution in [1.29, 1.82) is 0 Å². The Labute approximate surface area is 335 Å². The fourth-order valence-electron chi connectivity index (χ4n) is 5.28. The van der Waals surface area contributed by atoms with Gasteiger partial charge in [0.2, 0.25) is 5.91 Å². The zero-order chi connectivity index (χ0) is 40.9. The summed E-state index contributed by atoms with van der Waals surface area (Å²) in [6, 6.07) is 17.4. The number of carbonyl (C=O) groups is 1. The van der Waals surface area contributed by atoms with Crippen LogP contribution < -0.4 is 5.56 Å². The summed E-state index contributed by atoms with van der Waals surface area (Å²) in [6.45, 7) is 30.6. The lowest BCUT2D eigenvalue weighted by molar-refractivity contribution is -0.135. The average Bonchev–Trinajstić information content (AvgIpc) is 3.06. The molecule has 298 valence electrons. The third-order valence-corrected chi connectivity index (χ3v) is 17.1. The lowest BCUT2D eigenvalue weighted by atomic mass is 9.87. The maximum atomic E-state index is 13.4. The zero-order valence-electron chi connectivity index (χ0n) is 35.5. The number of rotatable bonds is 10. The molecule has 1 N–H and O–H groups in total. The fraction of sp³-hybridized carbons (Fsp3) is 0.581. The summed E-state index contributed by atoms with van der Waals surface area (Å²) < 4.78 is 8.04. The minimum absolute atomic E-state index is 0.0516. The summed E-state index contributed by atoms with van der Waals surface area (Å²) in [7, 11) is -0.367. The Bertz CT molecular complexity index is 1780. The Balaban J connectivity index is 0.000000311. The van der Waals surface area contributed by atoms with Crippen LogP contribution in [0.4, 0.5) is 0 Å². The van der Waals surface area contributed by atoms with E-state index in [2.05, 4.69) is 134 Å². The van der Waals surface area contributed by atoms with Gasteiger partial charge in [0.15, 0.2) is 8.32 Å². The highest BCUT2D eigenvalue weighted by Gasteiger charge is 2.38. The minimum atomic E-state index is -1.99. The van der Waals surface area contributed by atoms with E-state index in [1.54, 1.807) is 41.5 Å². The van der Waals surface area contributed by atoms with Gasteiger partial charge in [-0.15, -0.1) is 23.5 Å². The molecule has 4 rings (SSSR count). The van der Waals surface area contributed by atoms with Crippen LogP contribution in [0.3, 0.4) is 0 Å². The molecule has 0 bridgehead atoms. The second kappa shape index (κ2) is 18.0. The molecule has 11 heteroatoms. The summed E-state index contributed by atoms with van der Waals surface area (Å²) in [6.07, 6.45) is 3.60. The Hall–Kier alpha value is -2.70. The maximum Gasteiger partial charge on any atom is 0.273 e. The number of hydrogen-bond donors (Lipinski definition) is 1. The number of carbonyl (C=O) groups excluding carboxylic acids is 1. The third-order valence-electron chi connectivity index (χ3n) is 10.2. The Morgan fingerprint density at radius 3 is 1.74 bits per heavy atom. The number of hydrogen-bond acceptors (Lipinski definition) is 8. The highest BCUT2D eigenvalue weighted by molar-refractivity contribution is 7.99. The Morgan fingerprint density at radius 1 is 0.796 bits per heavy atom. The number of nitrogens with zero attached hydrogens (tertiary/aromatic N) is 4. The molecule has 0 aliphatic carbocycles. The molecule has 2 heterocycles. The maximum absolute atomic E-state index is 13.4. The highest BCUT2D eigenvalue weighted by Crippen LogP contribution is 2.38. The van der Waals surface area contributed by atoms with E-state index in [-0.39, 0.29) is 44.7 Å².